The Morgan fingerprint density at radius 2 is 1.74 bits per heavy atom. The van der Waals surface area contributed by atoms with Crippen LogP contribution in [0.15, 0.2) is 65.2 Å². The number of aliphatic hydroxyl groups is 1. The summed E-state index contributed by atoms with van der Waals surface area (Å²) in [4.78, 5) is 17.5. The summed E-state index contributed by atoms with van der Waals surface area (Å²) < 4.78 is 44.9. The first kappa shape index (κ1) is 25.0. The quantitative estimate of drug-likeness (QED) is 0.420. The third-order valence-electron chi connectivity index (χ3n) is 7.29. The van der Waals surface area contributed by atoms with E-state index in [4.69, 9.17) is 0 Å². The van der Waals surface area contributed by atoms with Gasteiger partial charge in [0.25, 0.3) is 6.43 Å². The molecule has 4 aromatic rings. The molecule has 6 rings (SSSR count). The number of aromatic nitrogens is 5. The van der Waals surface area contributed by atoms with Gasteiger partial charge in [0.05, 0.1) is 18.7 Å². The minimum Gasteiger partial charge on any atom is -0.378 e. The van der Waals surface area contributed by atoms with Gasteiger partial charge in [0, 0.05) is 63.0 Å². The molecule has 2 aliphatic heterocycles. The fraction of sp³-hybridized carbons (Fsp3) is 0.346. The van der Waals surface area contributed by atoms with Crippen LogP contribution in [0.5, 0.6) is 0 Å². The number of benzene rings is 1. The molecule has 0 saturated carbocycles. The third kappa shape index (κ3) is 4.52. The largest absolute Gasteiger partial charge is 0.378 e. The lowest BCUT2D eigenvalue weighted by Gasteiger charge is -2.38. The first-order chi connectivity index (χ1) is 18.8. The third-order valence-corrected chi connectivity index (χ3v) is 7.29. The molecular weight excluding hydrogens is 511 g/mol. The zero-order valence-corrected chi connectivity index (χ0v) is 21.1. The fourth-order valence-corrected chi connectivity index (χ4v) is 5.08. The molecule has 1 fully saturated rings. The van der Waals surface area contributed by atoms with E-state index in [1.54, 1.807) is 15.4 Å². The number of nitrogens with zero attached hydrogens (tertiary/aromatic N) is 9. The first-order valence-corrected chi connectivity index (χ1v) is 12.5. The van der Waals surface area contributed by atoms with E-state index in [2.05, 4.69) is 30.1 Å². The van der Waals surface area contributed by atoms with Crippen LogP contribution in [-0.4, -0.2) is 85.7 Å². The summed E-state index contributed by atoms with van der Waals surface area (Å²) in [5, 5.41) is 19.5. The average Bonchev–Trinajstić information content (AvgIpc) is 3.59. The van der Waals surface area contributed by atoms with E-state index < -0.39 is 23.8 Å². The molecular formula is C26H26F3N9O. The van der Waals surface area contributed by atoms with Gasteiger partial charge in [-0.3, -0.25) is 9.67 Å². The molecule has 202 valence electrons. The average molecular weight is 538 g/mol. The Bertz CT molecular complexity index is 1540. The standard InChI is InChI=1S/C26H26F3N9O/c1-35-14-18(11-33-35)17-10-22-23(32-16-34-38(22)15-17)36-6-8-37(9-7-36)25-30-12-20(13-31-25)26(39,24(28)29)19-2-4-21(27)5-3-19/h2-5,10-12,14-16,20,24,39H,6-9,13H2,1H3. The molecule has 1 aromatic carbocycles. The number of hydrogen-bond donors (Lipinski definition) is 1. The summed E-state index contributed by atoms with van der Waals surface area (Å²) in [5.41, 5.74) is 0.273. The second-order valence-electron chi connectivity index (χ2n) is 9.68. The van der Waals surface area contributed by atoms with Gasteiger partial charge in [0.1, 0.15) is 17.7 Å². The summed E-state index contributed by atoms with van der Waals surface area (Å²) in [6, 6.07) is 6.48. The van der Waals surface area contributed by atoms with E-state index in [1.807, 2.05) is 30.4 Å². The van der Waals surface area contributed by atoms with Gasteiger partial charge in [0.2, 0.25) is 5.96 Å². The van der Waals surface area contributed by atoms with Gasteiger partial charge in [-0.2, -0.15) is 10.2 Å². The number of hydrogen-bond acceptors (Lipinski definition) is 8. The lowest BCUT2D eigenvalue weighted by Crippen LogP contribution is -2.50. The molecule has 0 spiro atoms. The number of piperazine rings is 1. The van der Waals surface area contributed by atoms with Crippen molar-refractivity contribution in [1.29, 1.82) is 0 Å². The van der Waals surface area contributed by atoms with Crippen molar-refractivity contribution in [3.8, 4) is 11.1 Å². The van der Waals surface area contributed by atoms with Gasteiger partial charge >= 0.3 is 0 Å². The molecule has 10 nitrogen and oxygen atoms in total. The summed E-state index contributed by atoms with van der Waals surface area (Å²) >= 11 is 0. The van der Waals surface area contributed by atoms with Gasteiger partial charge in [-0.15, -0.1) is 0 Å². The second kappa shape index (κ2) is 9.80. The van der Waals surface area contributed by atoms with Crippen molar-refractivity contribution in [1.82, 2.24) is 29.3 Å². The van der Waals surface area contributed by atoms with Crippen molar-refractivity contribution in [2.45, 2.75) is 12.0 Å². The number of rotatable bonds is 5. The van der Waals surface area contributed by atoms with Crippen LogP contribution in [0.1, 0.15) is 5.56 Å². The zero-order chi connectivity index (χ0) is 27.1. The maximum absolute atomic E-state index is 14.0. The molecule has 3 aromatic heterocycles. The van der Waals surface area contributed by atoms with Crippen molar-refractivity contribution < 1.29 is 18.3 Å². The van der Waals surface area contributed by atoms with Crippen LogP contribution in [0, 0.1) is 11.7 Å². The first-order valence-electron chi connectivity index (χ1n) is 12.5. The van der Waals surface area contributed by atoms with Crippen molar-refractivity contribution in [2.24, 2.45) is 23.0 Å². The molecule has 0 aliphatic carbocycles. The van der Waals surface area contributed by atoms with Crippen LogP contribution < -0.4 is 4.90 Å². The van der Waals surface area contributed by atoms with Crippen molar-refractivity contribution in [2.75, 3.05) is 37.6 Å². The molecule has 13 heteroatoms. The summed E-state index contributed by atoms with van der Waals surface area (Å²) in [6.07, 6.45) is 5.46. The maximum Gasteiger partial charge on any atom is 0.271 e. The van der Waals surface area contributed by atoms with Crippen LogP contribution in [0.25, 0.3) is 16.6 Å². The van der Waals surface area contributed by atoms with Crippen LogP contribution >= 0.6 is 0 Å². The Balaban J connectivity index is 1.14. The number of guanidine groups is 1. The lowest BCUT2D eigenvalue weighted by atomic mass is 9.81. The molecule has 2 atom stereocenters. The fourth-order valence-electron chi connectivity index (χ4n) is 5.08. The van der Waals surface area contributed by atoms with Crippen LogP contribution in [0.2, 0.25) is 0 Å². The minimum atomic E-state index is -3.10. The number of aryl methyl sites for hydroxylation is 1. The molecule has 1 saturated heterocycles. The normalized spacial score (nSPS) is 19.5. The monoisotopic (exact) mass is 537 g/mol. The summed E-state index contributed by atoms with van der Waals surface area (Å²) in [7, 11) is 1.87. The van der Waals surface area contributed by atoms with Crippen molar-refractivity contribution >= 4 is 23.5 Å². The lowest BCUT2D eigenvalue weighted by molar-refractivity contribution is -0.121. The topological polar surface area (TPSA) is 99.4 Å². The number of aliphatic imine (C=N–C) groups is 2. The molecule has 39 heavy (non-hydrogen) atoms. The van der Waals surface area contributed by atoms with E-state index in [-0.39, 0.29) is 12.1 Å². The predicted molar refractivity (Wildman–Crippen MR) is 140 cm³/mol. The Kier molecular flexibility index (Phi) is 6.29. The molecule has 0 bridgehead atoms. The highest BCUT2D eigenvalue weighted by Gasteiger charge is 2.47. The minimum absolute atomic E-state index is 0.0644. The highest BCUT2D eigenvalue weighted by atomic mass is 19.3. The number of anilines is 1. The molecule has 1 N–H and O–H groups in total. The smallest absolute Gasteiger partial charge is 0.271 e. The zero-order valence-electron chi connectivity index (χ0n) is 21.1. The van der Waals surface area contributed by atoms with E-state index in [9.17, 15) is 18.3 Å². The van der Waals surface area contributed by atoms with E-state index in [1.165, 1.54) is 24.7 Å². The van der Waals surface area contributed by atoms with E-state index in [0.29, 0.717) is 32.1 Å². The highest BCUT2D eigenvalue weighted by molar-refractivity contribution is 5.91. The van der Waals surface area contributed by atoms with Gasteiger partial charge in [-0.1, -0.05) is 12.1 Å². The molecule has 0 radical (unpaired) electrons. The number of halogens is 3. The van der Waals surface area contributed by atoms with Gasteiger partial charge < -0.3 is 14.9 Å². The predicted octanol–water partition coefficient (Wildman–Crippen LogP) is 2.60. The molecule has 0 amide bonds. The number of alkyl halides is 2. The second-order valence-corrected chi connectivity index (χ2v) is 9.68. The summed E-state index contributed by atoms with van der Waals surface area (Å²) in [6.45, 7) is 2.43. The SMILES string of the molecule is Cn1cc(-c2cc3c(N4CCN(C5=NCC(C(O)(c6ccc(F)cc6)C(F)F)C=N5)CC4)ncnn3c2)cn1. The Morgan fingerprint density at radius 3 is 2.38 bits per heavy atom. The maximum atomic E-state index is 14.0. The van der Waals surface area contributed by atoms with Gasteiger partial charge in [-0.25, -0.2) is 27.7 Å². The Morgan fingerprint density at radius 1 is 1.00 bits per heavy atom. The van der Waals surface area contributed by atoms with Crippen molar-refractivity contribution in [3.05, 3.63) is 66.6 Å². The van der Waals surface area contributed by atoms with Crippen LogP contribution in [-0.2, 0) is 12.6 Å². The van der Waals surface area contributed by atoms with Crippen LogP contribution in [0.3, 0.4) is 0 Å². The molecule has 5 heterocycles. The van der Waals surface area contributed by atoms with Gasteiger partial charge in [0.15, 0.2) is 11.4 Å². The number of fused-ring (bicyclic) bond motifs is 1. The van der Waals surface area contributed by atoms with Gasteiger partial charge in [-0.05, 0) is 23.8 Å². The van der Waals surface area contributed by atoms with Crippen molar-refractivity contribution in [3.63, 3.8) is 0 Å². The summed E-state index contributed by atoms with van der Waals surface area (Å²) in [5.74, 6) is -0.363. The Hall–Kier alpha value is -4.26. The van der Waals surface area contributed by atoms with E-state index >= 15 is 0 Å². The van der Waals surface area contributed by atoms with E-state index in [0.717, 1.165) is 34.6 Å². The molecule has 2 unspecified atom stereocenters. The highest BCUT2D eigenvalue weighted by Crippen LogP contribution is 2.37. The Labute approximate surface area is 221 Å². The van der Waals surface area contributed by atoms with Crippen LogP contribution in [0.4, 0.5) is 19.0 Å². The molecule has 2 aliphatic rings.